The van der Waals surface area contributed by atoms with Crippen molar-refractivity contribution < 1.29 is 9.90 Å². The number of nitrogens with zero attached hydrogens (tertiary/aromatic N) is 1. The topological polar surface area (TPSA) is 62.2 Å². The molecule has 1 rings (SSSR count). The van der Waals surface area contributed by atoms with Gasteiger partial charge in [0.15, 0.2) is 0 Å². The predicted molar refractivity (Wildman–Crippen MR) is 57.4 cm³/mol. The van der Waals surface area contributed by atoms with Gasteiger partial charge >= 0.3 is 0 Å². The summed E-state index contributed by atoms with van der Waals surface area (Å²) in [5, 5.41) is 11.7. The molecule has 0 fully saturated rings. The minimum atomic E-state index is -0.144. The Morgan fingerprint density at radius 3 is 3.00 bits per heavy atom. The Balaban J connectivity index is 2.43. The van der Waals surface area contributed by atoms with E-state index in [9.17, 15) is 4.79 Å². The van der Waals surface area contributed by atoms with Crippen molar-refractivity contribution in [2.24, 2.45) is 5.92 Å². The van der Waals surface area contributed by atoms with E-state index in [1.165, 1.54) is 6.20 Å². The highest BCUT2D eigenvalue weighted by Crippen LogP contribution is 2.00. The van der Waals surface area contributed by atoms with Gasteiger partial charge in [-0.05, 0) is 24.5 Å². The van der Waals surface area contributed by atoms with Crippen LogP contribution in [0, 0.1) is 5.92 Å². The molecule has 1 atom stereocenters. The highest BCUT2D eigenvalue weighted by Gasteiger charge is 2.08. The van der Waals surface area contributed by atoms with Crippen molar-refractivity contribution in [3.05, 3.63) is 30.1 Å². The van der Waals surface area contributed by atoms with E-state index in [0.717, 1.165) is 6.42 Å². The molecule has 0 saturated carbocycles. The quantitative estimate of drug-likeness (QED) is 0.753. The summed E-state index contributed by atoms with van der Waals surface area (Å²) in [7, 11) is 0. The van der Waals surface area contributed by atoms with Crippen LogP contribution in [0.2, 0.25) is 0 Å². The van der Waals surface area contributed by atoms with E-state index in [2.05, 4.69) is 10.3 Å². The number of pyridine rings is 1. The second-order valence-corrected chi connectivity index (χ2v) is 3.41. The molecule has 0 saturated heterocycles. The van der Waals surface area contributed by atoms with E-state index < -0.39 is 0 Å². The average molecular weight is 208 g/mol. The molecular formula is C11H16N2O2. The number of aliphatic hydroxyl groups excluding tert-OH is 1. The van der Waals surface area contributed by atoms with Crippen molar-refractivity contribution in [1.82, 2.24) is 10.3 Å². The van der Waals surface area contributed by atoms with Gasteiger partial charge in [-0.15, -0.1) is 0 Å². The fourth-order valence-corrected chi connectivity index (χ4v) is 1.17. The average Bonchev–Trinajstić information content (AvgIpc) is 2.31. The number of nitrogens with one attached hydrogen (secondary N) is 1. The lowest BCUT2D eigenvalue weighted by molar-refractivity contribution is 0.0939. The molecular weight excluding hydrogens is 192 g/mol. The molecule has 4 nitrogen and oxygen atoms in total. The van der Waals surface area contributed by atoms with Gasteiger partial charge in [0, 0.05) is 25.5 Å². The summed E-state index contributed by atoms with van der Waals surface area (Å²) in [6.07, 6.45) is 4.00. The lowest BCUT2D eigenvalue weighted by atomic mass is 10.1. The number of carbonyl (C=O) groups is 1. The standard InChI is InChI=1S/C11H16N2O2/c1-2-9(8-14)6-13-11(15)10-4-3-5-12-7-10/h3-5,7,9,14H,2,6,8H2,1H3,(H,13,15). The molecule has 1 aromatic rings. The Kier molecular flexibility index (Phi) is 4.77. The third-order valence-electron chi connectivity index (χ3n) is 2.31. The van der Waals surface area contributed by atoms with E-state index in [4.69, 9.17) is 5.11 Å². The van der Waals surface area contributed by atoms with Gasteiger partial charge in [-0.1, -0.05) is 6.92 Å². The molecule has 0 bridgehead atoms. The van der Waals surface area contributed by atoms with Crippen LogP contribution in [-0.2, 0) is 0 Å². The molecule has 0 aliphatic carbocycles. The molecule has 4 heteroatoms. The van der Waals surface area contributed by atoms with Gasteiger partial charge in [0.1, 0.15) is 0 Å². The fraction of sp³-hybridized carbons (Fsp3) is 0.455. The summed E-state index contributed by atoms with van der Waals surface area (Å²) in [5.74, 6) is -0.0133. The Morgan fingerprint density at radius 2 is 2.47 bits per heavy atom. The maximum Gasteiger partial charge on any atom is 0.252 e. The zero-order valence-corrected chi connectivity index (χ0v) is 8.81. The number of hydrogen-bond acceptors (Lipinski definition) is 3. The van der Waals surface area contributed by atoms with Crippen LogP contribution < -0.4 is 5.32 Å². The third kappa shape index (κ3) is 3.67. The lowest BCUT2D eigenvalue weighted by Gasteiger charge is -2.12. The molecule has 82 valence electrons. The van der Waals surface area contributed by atoms with E-state index >= 15 is 0 Å². The first-order chi connectivity index (χ1) is 7.27. The Hall–Kier alpha value is -1.42. The van der Waals surface area contributed by atoms with Crippen LogP contribution in [0.4, 0.5) is 0 Å². The summed E-state index contributed by atoms with van der Waals surface area (Å²) >= 11 is 0. The Bertz CT molecular complexity index is 297. The maximum absolute atomic E-state index is 11.5. The summed E-state index contributed by atoms with van der Waals surface area (Å²) in [4.78, 5) is 15.4. The van der Waals surface area contributed by atoms with E-state index in [1.54, 1.807) is 18.3 Å². The van der Waals surface area contributed by atoms with Gasteiger partial charge in [0.05, 0.1) is 5.56 Å². The number of amides is 1. The van der Waals surface area contributed by atoms with Crippen LogP contribution >= 0.6 is 0 Å². The van der Waals surface area contributed by atoms with E-state index in [0.29, 0.717) is 12.1 Å². The molecule has 0 aromatic carbocycles. The summed E-state index contributed by atoms with van der Waals surface area (Å²) < 4.78 is 0. The largest absolute Gasteiger partial charge is 0.396 e. The number of rotatable bonds is 5. The first-order valence-electron chi connectivity index (χ1n) is 5.07. The normalized spacial score (nSPS) is 12.1. The fourth-order valence-electron chi connectivity index (χ4n) is 1.17. The molecule has 0 spiro atoms. The second-order valence-electron chi connectivity index (χ2n) is 3.41. The smallest absolute Gasteiger partial charge is 0.252 e. The third-order valence-corrected chi connectivity index (χ3v) is 2.31. The highest BCUT2D eigenvalue weighted by atomic mass is 16.3. The second kappa shape index (κ2) is 6.14. The first-order valence-corrected chi connectivity index (χ1v) is 5.07. The highest BCUT2D eigenvalue weighted by molar-refractivity contribution is 5.93. The van der Waals surface area contributed by atoms with Crippen molar-refractivity contribution in [1.29, 1.82) is 0 Å². The molecule has 15 heavy (non-hydrogen) atoms. The molecule has 1 aromatic heterocycles. The molecule has 1 amide bonds. The SMILES string of the molecule is CCC(CO)CNC(=O)c1cccnc1. The van der Waals surface area contributed by atoms with Crippen LogP contribution in [-0.4, -0.2) is 29.1 Å². The molecule has 0 aliphatic rings. The van der Waals surface area contributed by atoms with E-state index in [1.807, 2.05) is 6.92 Å². The van der Waals surface area contributed by atoms with Crippen molar-refractivity contribution >= 4 is 5.91 Å². The van der Waals surface area contributed by atoms with Gasteiger partial charge in [-0.2, -0.15) is 0 Å². The van der Waals surface area contributed by atoms with Crippen LogP contribution in [0.1, 0.15) is 23.7 Å². The number of aliphatic hydroxyl groups is 1. The monoisotopic (exact) mass is 208 g/mol. The molecule has 1 unspecified atom stereocenters. The summed E-state index contributed by atoms with van der Waals surface area (Å²) in [6.45, 7) is 2.58. The van der Waals surface area contributed by atoms with Crippen LogP contribution in [0.25, 0.3) is 0 Å². The molecule has 0 aliphatic heterocycles. The van der Waals surface area contributed by atoms with Crippen LogP contribution in [0.5, 0.6) is 0 Å². The zero-order chi connectivity index (χ0) is 11.1. The van der Waals surface area contributed by atoms with Gasteiger partial charge in [0.2, 0.25) is 0 Å². The van der Waals surface area contributed by atoms with Gasteiger partial charge in [-0.25, -0.2) is 0 Å². The number of carbonyl (C=O) groups excluding carboxylic acids is 1. The minimum Gasteiger partial charge on any atom is -0.396 e. The molecule has 2 N–H and O–H groups in total. The van der Waals surface area contributed by atoms with E-state index in [-0.39, 0.29) is 18.4 Å². The van der Waals surface area contributed by atoms with Gasteiger partial charge in [0.25, 0.3) is 5.91 Å². The molecule has 0 radical (unpaired) electrons. The Morgan fingerprint density at radius 1 is 1.67 bits per heavy atom. The summed E-state index contributed by atoms with van der Waals surface area (Å²) in [6, 6.07) is 3.43. The van der Waals surface area contributed by atoms with Crippen molar-refractivity contribution in [2.75, 3.05) is 13.2 Å². The van der Waals surface area contributed by atoms with Crippen LogP contribution in [0.3, 0.4) is 0 Å². The first kappa shape index (κ1) is 11.7. The Labute approximate surface area is 89.3 Å². The maximum atomic E-state index is 11.5. The van der Waals surface area contributed by atoms with Crippen molar-refractivity contribution in [2.45, 2.75) is 13.3 Å². The predicted octanol–water partition coefficient (Wildman–Crippen LogP) is 0.830. The van der Waals surface area contributed by atoms with Crippen molar-refractivity contribution in [3.63, 3.8) is 0 Å². The van der Waals surface area contributed by atoms with Gasteiger partial charge in [-0.3, -0.25) is 9.78 Å². The lowest BCUT2D eigenvalue weighted by Crippen LogP contribution is -2.30. The zero-order valence-electron chi connectivity index (χ0n) is 8.81. The number of hydrogen-bond donors (Lipinski definition) is 2. The minimum absolute atomic E-state index is 0.101. The van der Waals surface area contributed by atoms with Crippen LogP contribution in [0.15, 0.2) is 24.5 Å². The van der Waals surface area contributed by atoms with Gasteiger partial charge < -0.3 is 10.4 Å². The number of aromatic nitrogens is 1. The summed E-state index contributed by atoms with van der Waals surface area (Å²) in [5.41, 5.74) is 0.547. The molecule has 1 heterocycles. The van der Waals surface area contributed by atoms with Crippen molar-refractivity contribution in [3.8, 4) is 0 Å².